The van der Waals surface area contributed by atoms with E-state index >= 15 is 0 Å². The third-order valence-corrected chi connectivity index (χ3v) is 4.39. The lowest BCUT2D eigenvalue weighted by Crippen LogP contribution is -2.36. The number of para-hydroxylation sites is 2. The van der Waals surface area contributed by atoms with E-state index < -0.39 is 0 Å². The van der Waals surface area contributed by atoms with Crippen molar-refractivity contribution < 1.29 is 14.3 Å². The summed E-state index contributed by atoms with van der Waals surface area (Å²) in [5.41, 5.74) is 2.06. The SMILES string of the molecule is CC(C)CCOc1ccccc1CN1C(=O)CNC(=O)c2ccccc21. The van der Waals surface area contributed by atoms with Crippen LogP contribution in [0.2, 0.25) is 0 Å². The first kappa shape index (κ1) is 18.0. The maximum absolute atomic E-state index is 12.6. The largest absolute Gasteiger partial charge is 0.493 e. The molecule has 5 heteroatoms. The van der Waals surface area contributed by atoms with Crippen molar-refractivity contribution >= 4 is 17.5 Å². The molecule has 2 amide bonds. The average Bonchev–Trinajstić information content (AvgIpc) is 2.75. The van der Waals surface area contributed by atoms with Crippen molar-refractivity contribution in [2.24, 2.45) is 5.92 Å². The summed E-state index contributed by atoms with van der Waals surface area (Å²) >= 11 is 0. The van der Waals surface area contributed by atoms with Gasteiger partial charge in [-0.3, -0.25) is 9.59 Å². The van der Waals surface area contributed by atoms with Gasteiger partial charge in [-0.15, -0.1) is 0 Å². The number of hydrogen-bond acceptors (Lipinski definition) is 3. The molecule has 0 bridgehead atoms. The minimum Gasteiger partial charge on any atom is -0.493 e. The molecule has 1 aliphatic rings. The summed E-state index contributed by atoms with van der Waals surface area (Å²) in [6.07, 6.45) is 0.970. The number of carbonyl (C=O) groups excluding carboxylic acids is 2. The minimum atomic E-state index is -0.224. The van der Waals surface area contributed by atoms with Crippen LogP contribution in [0.1, 0.15) is 36.2 Å². The van der Waals surface area contributed by atoms with Gasteiger partial charge >= 0.3 is 0 Å². The van der Waals surface area contributed by atoms with Crippen molar-refractivity contribution in [3.8, 4) is 5.75 Å². The molecule has 0 fully saturated rings. The van der Waals surface area contributed by atoms with Gasteiger partial charge in [0, 0.05) is 5.56 Å². The highest BCUT2D eigenvalue weighted by molar-refractivity contribution is 6.09. The molecule has 0 aromatic heterocycles. The summed E-state index contributed by atoms with van der Waals surface area (Å²) < 4.78 is 5.94. The standard InChI is InChI=1S/C21H24N2O3/c1-15(2)11-12-26-19-10-6-3-7-16(19)14-23-18-9-5-4-8-17(18)21(25)22-13-20(23)24/h3-10,15H,11-14H2,1-2H3,(H,22,25). The predicted molar refractivity (Wildman–Crippen MR) is 101 cm³/mol. The van der Waals surface area contributed by atoms with Crippen molar-refractivity contribution in [2.45, 2.75) is 26.8 Å². The third kappa shape index (κ3) is 4.04. The number of anilines is 1. The first-order chi connectivity index (χ1) is 12.6. The molecule has 0 saturated heterocycles. The topological polar surface area (TPSA) is 58.6 Å². The minimum absolute atomic E-state index is 0.0100. The number of benzene rings is 2. The Morgan fingerprint density at radius 2 is 1.81 bits per heavy atom. The zero-order valence-electron chi connectivity index (χ0n) is 15.2. The van der Waals surface area contributed by atoms with Crippen LogP contribution in [0, 0.1) is 5.92 Å². The normalized spacial score (nSPS) is 14.0. The second-order valence-corrected chi connectivity index (χ2v) is 6.82. The second kappa shape index (κ2) is 8.04. The summed E-state index contributed by atoms with van der Waals surface area (Å²) in [6, 6.07) is 14.9. The lowest BCUT2D eigenvalue weighted by molar-refractivity contribution is -0.117. The summed E-state index contributed by atoms with van der Waals surface area (Å²) in [5, 5.41) is 2.67. The van der Waals surface area contributed by atoms with E-state index in [1.807, 2.05) is 30.3 Å². The Hall–Kier alpha value is -2.82. The highest BCUT2D eigenvalue weighted by atomic mass is 16.5. The van der Waals surface area contributed by atoms with E-state index in [9.17, 15) is 9.59 Å². The highest BCUT2D eigenvalue weighted by Crippen LogP contribution is 2.27. The maximum Gasteiger partial charge on any atom is 0.253 e. The van der Waals surface area contributed by atoms with Gasteiger partial charge in [-0.2, -0.15) is 0 Å². The van der Waals surface area contributed by atoms with E-state index in [4.69, 9.17) is 4.74 Å². The quantitative estimate of drug-likeness (QED) is 0.867. The first-order valence-electron chi connectivity index (χ1n) is 8.94. The number of nitrogens with one attached hydrogen (secondary N) is 1. The van der Waals surface area contributed by atoms with Crippen molar-refractivity contribution in [1.82, 2.24) is 5.32 Å². The number of hydrogen-bond donors (Lipinski definition) is 1. The fraction of sp³-hybridized carbons (Fsp3) is 0.333. The number of nitrogens with zero attached hydrogens (tertiary/aromatic N) is 1. The van der Waals surface area contributed by atoms with E-state index in [-0.39, 0.29) is 18.4 Å². The lowest BCUT2D eigenvalue weighted by atomic mass is 10.1. The maximum atomic E-state index is 12.6. The van der Waals surface area contributed by atoms with Gasteiger partial charge in [0.2, 0.25) is 5.91 Å². The van der Waals surface area contributed by atoms with Crippen LogP contribution in [0.3, 0.4) is 0 Å². The molecule has 1 aliphatic heterocycles. The molecule has 26 heavy (non-hydrogen) atoms. The van der Waals surface area contributed by atoms with Crippen LogP contribution in [-0.2, 0) is 11.3 Å². The third-order valence-electron chi connectivity index (χ3n) is 4.39. The van der Waals surface area contributed by atoms with Crippen LogP contribution in [0.4, 0.5) is 5.69 Å². The molecule has 3 rings (SSSR count). The molecule has 1 heterocycles. The van der Waals surface area contributed by atoms with Crippen LogP contribution < -0.4 is 15.0 Å². The molecule has 0 radical (unpaired) electrons. The molecule has 5 nitrogen and oxygen atoms in total. The molecular formula is C21H24N2O3. The Labute approximate surface area is 154 Å². The van der Waals surface area contributed by atoms with Gasteiger partial charge in [0.15, 0.2) is 0 Å². The van der Waals surface area contributed by atoms with Crippen LogP contribution in [0.25, 0.3) is 0 Å². The molecule has 0 aliphatic carbocycles. The Bertz CT molecular complexity index is 801. The molecule has 0 spiro atoms. The molecule has 0 unspecified atom stereocenters. The van der Waals surface area contributed by atoms with Crippen LogP contribution >= 0.6 is 0 Å². The Morgan fingerprint density at radius 1 is 1.08 bits per heavy atom. The lowest BCUT2D eigenvalue weighted by Gasteiger charge is -2.23. The highest BCUT2D eigenvalue weighted by Gasteiger charge is 2.26. The van der Waals surface area contributed by atoms with Crippen molar-refractivity contribution in [2.75, 3.05) is 18.1 Å². The number of amides is 2. The van der Waals surface area contributed by atoms with E-state index in [2.05, 4.69) is 19.2 Å². The van der Waals surface area contributed by atoms with Crippen LogP contribution in [-0.4, -0.2) is 25.0 Å². The van der Waals surface area contributed by atoms with E-state index in [1.165, 1.54) is 0 Å². The Morgan fingerprint density at radius 3 is 2.62 bits per heavy atom. The first-order valence-corrected chi connectivity index (χ1v) is 8.94. The fourth-order valence-electron chi connectivity index (χ4n) is 2.91. The summed E-state index contributed by atoms with van der Waals surface area (Å²) in [4.78, 5) is 26.5. The molecule has 2 aromatic rings. The number of fused-ring (bicyclic) bond motifs is 1. The molecule has 136 valence electrons. The van der Waals surface area contributed by atoms with Gasteiger partial charge in [0.25, 0.3) is 5.91 Å². The van der Waals surface area contributed by atoms with E-state index in [0.29, 0.717) is 30.3 Å². The van der Waals surface area contributed by atoms with Gasteiger partial charge < -0.3 is 15.0 Å². The Kier molecular flexibility index (Phi) is 5.56. The van der Waals surface area contributed by atoms with Gasteiger partial charge in [-0.05, 0) is 30.5 Å². The van der Waals surface area contributed by atoms with Gasteiger partial charge in [0.05, 0.1) is 30.9 Å². The molecule has 2 aromatic carbocycles. The summed E-state index contributed by atoms with van der Waals surface area (Å²) in [6.45, 7) is 5.31. The van der Waals surface area contributed by atoms with Gasteiger partial charge in [-0.25, -0.2) is 0 Å². The zero-order valence-corrected chi connectivity index (χ0v) is 15.2. The van der Waals surface area contributed by atoms with Gasteiger partial charge in [-0.1, -0.05) is 44.2 Å². The predicted octanol–water partition coefficient (Wildman–Crippen LogP) is 3.39. The number of carbonyl (C=O) groups is 2. The average molecular weight is 352 g/mol. The number of ether oxygens (including phenoxy) is 1. The van der Waals surface area contributed by atoms with Crippen LogP contribution in [0.5, 0.6) is 5.75 Å². The van der Waals surface area contributed by atoms with E-state index in [1.54, 1.807) is 23.1 Å². The zero-order chi connectivity index (χ0) is 18.5. The van der Waals surface area contributed by atoms with Gasteiger partial charge in [0.1, 0.15) is 5.75 Å². The summed E-state index contributed by atoms with van der Waals surface area (Å²) in [5.74, 6) is 0.985. The monoisotopic (exact) mass is 352 g/mol. The second-order valence-electron chi connectivity index (χ2n) is 6.82. The van der Waals surface area contributed by atoms with Crippen LogP contribution in [0.15, 0.2) is 48.5 Å². The molecule has 0 saturated carbocycles. The van der Waals surface area contributed by atoms with E-state index in [0.717, 1.165) is 17.7 Å². The van der Waals surface area contributed by atoms with Crippen molar-refractivity contribution in [1.29, 1.82) is 0 Å². The Balaban J connectivity index is 1.87. The van der Waals surface area contributed by atoms with Crippen molar-refractivity contribution in [3.05, 3.63) is 59.7 Å². The number of rotatable bonds is 6. The summed E-state index contributed by atoms with van der Waals surface area (Å²) in [7, 11) is 0. The molecule has 0 atom stereocenters. The fourth-order valence-corrected chi connectivity index (χ4v) is 2.91. The smallest absolute Gasteiger partial charge is 0.253 e. The molecule has 1 N–H and O–H groups in total. The molecular weight excluding hydrogens is 328 g/mol. The van der Waals surface area contributed by atoms with Crippen molar-refractivity contribution in [3.63, 3.8) is 0 Å².